The van der Waals surface area contributed by atoms with Crippen molar-refractivity contribution in [3.05, 3.63) is 30.3 Å². The molecular weight excluding hydrogens is 164 g/mol. The maximum absolute atomic E-state index is 5.44. The first-order chi connectivity index (χ1) is 6.36. The van der Waals surface area contributed by atoms with Crippen LogP contribution in [0.25, 0.3) is 0 Å². The number of benzene rings is 1. The summed E-state index contributed by atoms with van der Waals surface area (Å²) in [7, 11) is 1.70. The van der Waals surface area contributed by atoms with Crippen LogP contribution in [0.2, 0.25) is 0 Å². The van der Waals surface area contributed by atoms with E-state index in [1.165, 1.54) is 0 Å². The highest BCUT2D eigenvalue weighted by Crippen LogP contribution is 2.07. The highest BCUT2D eigenvalue weighted by molar-refractivity contribution is 5.75. The Balaban J connectivity index is 2.58. The predicted octanol–water partition coefficient (Wildman–Crippen LogP) is 1.66. The molecule has 3 nitrogen and oxygen atoms in total. The molecule has 70 valence electrons. The number of nitrogens with zero attached hydrogens (tertiary/aromatic N) is 1. The summed E-state index contributed by atoms with van der Waals surface area (Å²) in [6, 6.07) is 10.1. The van der Waals surface area contributed by atoms with Crippen molar-refractivity contribution < 1.29 is 4.74 Å². The SMILES string of the molecule is CCNC(=NC)Oc1ccccc1. The van der Waals surface area contributed by atoms with Crippen molar-refractivity contribution in [3.63, 3.8) is 0 Å². The van der Waals surface area contributed by atoms with Crippen LogP contribution in [0.4, 0.5) is 0 Å². The number of ether oxygens (including phenoxy) is 1. The van der Waals surface area contributed by atoms with E-state index in [0.717, 1.165) is 12.3 Å². The molecule has 0 aliphatic heterocycles. The molecule has 13 heavy (non-hydrogen) atoms. The number of amidine groups is 1. The molecule has 0 saturated carbocycles. The molecule has 1 aromatic rings. The van der Waals surface area contributed by atoms with E-state index < -0.39 is 0 Å². The van der Waals surface area contributed by atoms with E-state index >= 15 is 0 Å². The minimum absolute atomic E-state index is 0.550. The Hall–Kier alpha value is -1.51. The summed E-state index contributed by atoms with van der Waals surface area (Å²) < 4.78 is 5.44. The van der Waals surface area contributed by atoms with Gasteiger partial charge in [-0.2, -0.15) is 0 Å². The first-order valence-corrected chi connectivity index (χ1v) is 4.30. The van der Waals surface area contributed by atoms with Gasteiger partial charge in [-0.3, -0.25) is 0 Å². The van der Waals surface area contributed by atoms with Gasteiger partial charge in [0.05, 0.1) is 0 Å². The van der Waals surface area contributed by atoms with Crippen molar-refractivity contribution in [1.82, 2.24) is 5.32 Å². The third kappa shape index (κ3) is 3.15. The fourth-order valence-electron chi connectivity index (χ4n) is 0.912. The van der Waals surface area contributed by atoms with Crippen molar-refractivity contribution in [2.45, 2.75) is 6.92 Å². The molecule has 0 unspecified atom stereocenters. The van der Waals surface area contributed by atoms with E-state index in [0.29, 0.717) is 6.02 Å². The van der Waals surface area contributed by atoms with Crippen LogP contribution in [-0.2, 0) is 0 Å². The minimum Gasteiger partial charge on any atom is -0.426 e. The van der Waals surface area contributed by atoms with Crippen LogP contribution in [0, 0.1) is 0 Å². The fraction of sp³-hybridized carbons (Fsp3) is 0.300. The smallest absolute Gasteiger partial charge is 0.289 e. The number of rotatable bonds is 2. The number of para-hydroxylation sites is 1. The Labute approximate surface area is 78.4 Å². The van der Waals surface area contributed by atoms with Crippen LogP contribution < -0.4 is 10.1 Å². The second kappa shape index (κ2) is 5.19. The number of hydrogen-bond donors (Lipinski definition) is 1. The summed E-state index contributed by atoms with van der Waals surface area (Å²) in [6.45, 7) is 2.80. The largest absolute Gasteiger partial charge is 0.426 e. The predicted molar refractivity (Wildman–Crippen MR) is 54.1 cm³/mol. The average Bonchev–Trinajstić information content (AvgIpc) is 2.19. The lowest BCUT2D eigenvalue weighted by atomic mass is 10.3. The molecule has 0 bridgehead atoms. The Morgan fingerprint density at radius 1 is 1.38 bits per heavy atom. The Morgan fingerprint density at radius 2 is 2.08 bits per heavy atom. The lowest BCUT2D eigenvalue weighted by molar-refractivity contribution is 0.517. The molecule has 0 aromatic heterocycles. The van der Waals surface area contributed by atoms with Crippen molar-refractivity contribution in [1.29, 1.82) is 0 Å². The van der Waals surface area contributed by atoms with Crippen LogP contribution in [0.3, 0.4) is 0 Å². The fourth-order valence-corrected chi connectivity index (χ4v) is 0.912. The molecule has 0 amide bonds. The molecule has 0 radical (unpaired) electrons. The van der Waals surface area contributed by atoms with Crippen LogP contribution in [-0.4, -0.2) is 19.6 Å². The van der Waals surface area contributed by atoms with Gasteiger partial charge in [0.25, 0.3) is 6.02 Å². The average molecular weight is 178 g/mol. The normalized spacial score (nSPS) is 11.1. The van der Waals surface area contributed by atoms with Gasteiger partial charge in [0, 0.05) is 13.6 Å². The van der Waals surface area contributed by atoms with Gasteiger partial charge in [0.15, 0.2) is 0 Å². The van der Waals surface area contributed by atoms with E-state index in [9.17, 15) is 0 Å². The summed E-state index contributed by atoms with van der Waals surface area (Å²) >= 11 is 0. The van der Waals surface area contributed by atoms with Crippen LogP contribution in [0.1, 0.15) is 6.92 Å². The third-order valence-electron chi connectivity index (χ3n) is 1.49. The molecule has 0 atom stereocenters. The second-order valence-corrected chi connectivity index (χ2v) is 2.47. The van der Waals surface area contributed by atoms with Crippen molar-refractivity contribution in [2.75, 3.05) is 13.6 Å². The van der Waals surface area contributed by atoms with Crippen molar-refractivity contribution in [2.24, 2.45) is 4.99 Å². The van der Waals surface area contributed by atoms with E-state index in [1.54, 1.807) is 7.05 Å². The monoisotopic (exact) mass is 178 g/mol. The summed E-state index contributed by atoms with van der Waals surface area (Å²) in [5, 5.41) is 3.01. The van der Waals surface area contributed by atoms with Crippen LogP contribution in [0.5, 0.6) is 5.75 Å². The number of hydrogen-bond acceptors (Lipinski definition) is 2. The molecule has 0 spiro atoms. The summed E-state index contributed by atoms with van der Waals surface area (Å²) in [5.41, 5.74) is 0. The second-order valence-electron chi connectivity index (χ2n) is 2.47. The molecule has 0 aliphatic carbocycles. The maximum Gasteiger partial charge on any atom is 0.289 e. The van der Waals surface area contributed by atoms with Gasteiger partial charge in [-0.05, 0) is 19.1 Å². The Kier molecular flexibility index (Phi) is 3.82. The van der Waals surface area contributed by atoms with Crippen LogP contribution >= 0.6 is 0 Å². The van der Waals surface area contributed by atoms with E-state index in [4.69, 9.17) is 4.74 Å². The van der Waals surface area contributed by atoms with Gasteiger partial charge in [-0.15, -0.1) is 0 Å². The van der Waals surface area contributed by atoms with E-state index in [1.807, 2.05) is 37.3 Å². The van der Waals surface area contributed by atoms with E-state index in [-0.39, 0.29) is 0 Å². The summed E-state index contributed by atoms with van der Waals surface area (Å²) in [5.74, 6) is 0.795. The van der Waals surface area contributed by atoms with Gasteiger partial charge in [-0.25, -0.2) is 4.99 Å². The number of nitrogens with one attached hydrogen (secondary N) is 1. The maximum atomic E-state index is 5.44. The van der Waals surface area contributed by atoms with Gasteiger partial charge >= 0.3 is 0 Å². The lowest BCUT2D eigenvalue weighted by Crippen LogP contribution is -2.28. The molecule has 1 rings (SSSR count). The topological polar surface area (TPSA) is 33.6 Å². The molecular formula is C10H14N2O. The van der Waals surface area contributed by atoms with Crippen molar-refractivity contribution >= 4 is 6.02 Å². The standard InChI is InChI=1S/C10H14N2O/c1-3-12-10(11-2)13-9-7-5-4-6-8-9/h4-8H,3H2,1-2H3,(H,11,12). The zero-order valence-corrected chi connectivity index (χ0v) is 7.95. The zero-order valence-electron chi connectivity index (χ0n) is 7.95. The Bertz CT molecular complexity index is 270. The van der Waals surface area contributed by atoms with Gasteiger partial charge < -0.3 is 10.1 Å². The first-order valence-electron chi connectivity index (χ1n) is 4.30. The quantitative estimate of drug-likeness (QED) is 0.552. The van der Waals surface area contributed by atoms with Crippen LogP contribution in [0.15, 0.2) is 35.3 Å². The molecule has 0 heterocycles. The first kappa shape index (κ1) is 9.58. The highest BCUT2D eigenvalue weighted by atomic mass is 16.5. The van der Waals surface area contributed by atoms with E-state index in [2.05, 4.69) is 10.3 Å². The number of aliphatic imine (C=N–C) groups is 1. The van der Waals surface area contributed by atoms with Gasteiger partial charge in [-0.1, -0.05) is 18.2 Å². The molecule has 3 heteroatoms. The lowest BCUT2D eigenvalue weighted by Gasteiger charge is -2.07. The molecule has 0 aliphatic rings. The van der Waals surface area contributed by atoms with Gasteiger partial charge in [0.1, 0.15) is 5.75 Å². The minimum atomic E-state index is 0.550. The molecule has 0 fully saturated rings. The zero-order chi connectivity index (χ0) is 9.52. The molecule has 1 aromatic carbocycles. The summed E-state index contributed by atoms with van der Waals surface area (Å²) in [6.07, 6.45) is 0. The third-order valence-corrected chi connectivity index (χ3v) is 1.49. The van der Waals surface area contributed by atoms with Gasteiger partial charge in [0.2, 0.25) is 0 Å². The van der Waals surface area contributed by atoms with Crippen molar-refractivity contribution in [3.8, 4) is 5.75 Å². The summed E-state index contributed by atoms with van der Waals surface area (Å²) in [4.78, 5) is 3.96. The highest BCUT2D eigenvalue weighted by Gasteiger charge is 1.97. The molecule has 0 saturated heterocycles. The Morgan fingerprint density at radius 3 is 2.62 bits per heavy atom. The molecule has 1 N–H and O–H groups in total.